The van der Waals surface area contributed by atoms with Gasteiger partial charge in [-0.15, -0.1) is 0 Å². The van der Waals surface area contributed by atoms with E-state index in [1.807, 2.05) is 6.92 Å². The minimum atomic E-state index is -1.03. The van der Waals surface area contributed by atoms with Crippen LogP contribution in [0, 0.1) is 6.92 Å². The van der Waals surface area contributed by atoms with Crippen molar-refractivity contribution in [1.29, 1.82) is 0 Å². The van der Waals surface area contributed by atoms with E-state index in [9.17, 15) is 4.79 Å². The highest BCUT2D eigenvalue weighted by Gasteiger charge is 2.09. The molecule has 0 spiro atoms. The van der Waals surface area contributed by atoms with Gasteiger partial charge in [-0.05, 0) is 6.92 Å². The van der Waals surface area contributed by atoms with Crippen LogP contribution in [-0.4, -0.2) is 31.0 Å². The molecule has 2 rings (SSSR count). The molecule has 0 aliphatic carbocycles. The van der Waals surface area contributed by atoms with Crippen LogP contribution in [0.1, 0.15) is 16.3 Å². The van der Waals surface area contributed by atoms with Crippen LogP contribution in [0.4, 0.5) is 0 Å². The number of aryl methyl sites for hydroxylation is 1. The maximum atomic E-state index is 10.6. The number of carboxylic acid groups (broad SMARTS) is 1. The van der Waals surface area contributed by atoms with Gasteiger partial charge in [0.05, 0.1) is 12.4 Å². The minimum absolute atomic E-state index is 0.0623. The normalized spacial score (nSPS) is 10.4. The van der Waals surface area contributed by atoms with Crippen LogP contribution >= 0.6 is 0 Å². The molecule has 0 saturated carbocycles. The largest absolute Gasteiger partial charge is 0.477 e. The molecule has 14 heavy (non-hydrogen) atoms. The van der Waals surface area contributed by atoms with Crippen molar-refractivity contribution in [2.45, 2.75) is 6.92 Å². The quantitative estimate of drug-likeness (QED) is 0.656. The van der Waals surface area contributed by atoms with E-state index >= 15 is 0 Å². The molecule has 2 heterocycles. The van der Waals surface area contributed by atoms with Crippen molar-refractivity contribution < 1.29 is 9.90 Å². The average molecular weight is 192 g/mol. The summed E-state index contributed by atoms with van der Waals surface area (Å²) in [5.41, 5.74) is 0.738. The van der Waals surface area contributed by atoms with E-state index < -0.39 is 5.97 Å². The summed E-state index contributed by atoms with van der Waals surface area (Å²) in [5.74, 6) is 0.205. The summed E-state index contributed by atoms with van der Waals surface area (Å²) >= 11 is 0. The summed E-state index contributed by atoms with van der Waals surface area (Å²) in [6.45, 7) is 1.81. The van der Waals surface area contributed by atoms with Crippen LogP contribution in [0.2, 0.25) is 0 Å². The third-order valence-corrected chi connectivity index (χ3v) is 1.76. The molecule has 6 heteroatoms. The Morgan fingerprint density at radius 3 is 2.64 bits per heavy atom. The van der Waals surface area contributed by atoms with Crippen LogP contribution in [0.3, 0.4) is 0 Å². The standard InChI is InChI=1S/C8H8N4O2/c1-4-9-2-5(11-4)7-10-3-6(12-7)8(13)14/h2-3H,1H3,(H,9,11)(H,10,12)(H,13,14). The van der Waals surface area contributed by atoms with Crippen molar-refractivity contribution in [2.75, 3.05) is 0 Å². The molecule has 2 aromatic rings. The second-order valence-electron chi connectivity index (χ2n) is 2.83. The first kappa shape index (κ1) is 8.49. The fraction of sp³-hybridized carbons (Fsp3) is 0.125. The van der Waals surface area contributed by atoms with Crippen LogP contribution in [0.25, 0.3) is 11.5 Å². The van der Waals surface area contributed by atoms with Crippen molar-refractivity contribution in [3.63, 3.8) is 0 Å². The molecule has 0 saturated heterocycles. The lowest BCUT2D eigenvalue weighted by Crippen LogP contribution is -1.95. The molecule has 3 N–H and O–H groups in total. The monoisotopic (exact) mass is 192 g/mol. The second kappa shape index (κ2) is 2.99. The minimum Gasteiger partial charge on any atom is -0.477 e. The van der Waals surface area contributed by atoms with Gasteiger partial charge in [-0.25, -0.2) is 14.8 Å². The number of hydrogen-bond acceptors (Lipinski definition) is 3. The molecule has 0 radical (unpaired) electrons. The van der Waals surface area contributed by atoms with Crippen LogP contribution in [0.15, 0.2) is 12.4 Å². The van der Waals surface area contributed by atoms with Gasteiger partial charge in [0.25, 0.3) is 0 Å². The topological polar surface area (TPSA) is 94.7 Å². The number of aromatic amines is 2. The Morgan fingerprint density at radius 1 is 1.36 bits per heavy atom. The Labute approximate surface area is 79.0 Å². The summed E-state index contributed by atoms with van der Waals surface area (Å²) in [7, 11) is 0. The van der Waals surface area contributed by atoms with Crippen LogP contribution in [0.5, 0.6) is 0 Å². The predicted molar refractivity (Wildman–Crippen MR) is 47.9 cm³/mol. The molecule has 0 unspecified atom stereocenters. The number of aromatic carboxylic acids is 1. The predicted octanol–water partition coefficient (Wildman–Crippen LogP) is 0.806. The highest BCUT2D eigenvalue weighted by Crippen LogP contribution is 2.12. The third-order valence-electron chi connectivity index (χ3n) is 1.76. The molecule has 0 amide bonds. The molecule has 6 nitrogen and oxygen atoms in total. The van der Waals surface area contributed by atoms with E-state index in [0.717, 1.165) is 5.82 Å². The van der Waals surface area contributed by atoms with E-state index in [0.29, 0.717) is 11.5 Å². The van der Waals surface area contributed by atoms with E-state index in [2.05, 4.69) is 19.9 Å². The van der Waals surface area contributed by atoms with E-state index in [4.69, 9.17) is 5.11 Å². The maximum Gasteiger partial charge on any atom is 0.353 e. The number of rotatable bonds is 2. The van der Waals surface area contributed by atoms with E-state index in [1.165, 1.54) is 6.20 Å². The number of imidazole rings is 2. The van der Waals surface area contributed by atoms with Crippen LogP contribution in [-0.2, 0) is 0 Å². The first-order valence-corrected chi connectivity index (χ1v) is 3.97. The maximum absolute atomic E-state index is 10.6. The highest BCUT2D eigenvalue weighted by molar-refractivity contribution is 5.85. The summed E-state index contributed by atoms with van der Waals surface area (Å²) in [6.07, 6.45) is 2.87. The lowest BCUT2D eigenvalue weighted by Gasteiger charge is -1.88. The van der Waals surface area contributed by atoms with Gasteiger partial charge >= 0.3 is 5.97 Å². The van der Waals surface area contributed by atoms with Gasteiger partial charge in [0.15, 0.2) is 5.82 Å². The molecule has 0 aromatic carbocycles. The molecule has 0 aliphatic rings. The SMILES string of the molecule is Cc1ncc(-c2ncc(C(=O)O)[nH]2)[nH]1. The Kier molecular flexibility index (Phi) is 1.81. The zero-order valence-electron chi connectivity index (χ0n) is 7.40. The lowest BCUT2D eigenvalue weighted by molar-refractivity contribution is 0.0691. The summed E-state index contributed by atoms with van der Waals surface area (Å²) < 4.78 is 0. The number of hydrogen-bond donors (Lipinski definition) is 3. The molecule has 0 atom stereocenters. The van der Waals surface area contributed by atoms with Gasteiger partial charge in [0.1, 0.15) is 17.2 Å². The third kappa shape index (κ3) is 1.37. The first-order valence-electron chi connectivity index (χ1n) is 3.97. The first-order chi connectivity index (χ1) is 6.66. The Bertz CT molecular complexity index is 471. The summed E-state index contributed by atoms with van der Waals surface area (Å²) in [4.78, 5) is 24.1. The number of carbonyl (C=O) groups is 1. The zero-order valence-corrected chi connectivity index (χ0v) is 7.40. The van der Waals surface area contributed by atoms with Gasteiger partial charge in [-0.3, -0.25) is 0 Å². The highest BCUT2D eigenvalue weighted by atomic mass is 16.4. The Hall–Kier alpha value is -2.11. The molecule has 0 aliphatic heterocycles. The summed E-state index contributed by atoms with van der Waals surface area (Å²) in [6, 6.07) is 0. The number of carboxylic acids is 1. The van der Waals surface area contributed by atoms with Gasteiger partial charge in [-0.1, -0.05) is 0 Å². The molecule has 2 aromatic heterocycles. The molecule has 0 bridgehead atoms. The average Bonchev–Trinajstić information content (AvgIpc) is 2.70. The summed E-state index contributed by atoms with van der Waals surface area (Å²) in [5, 5.41) is 8.65. The van der Waals surface area contributed by atoms with Crippen molar-refractivity contribution >= 4 is 5.97 Å². The van der Waals surface area contributed by atoms with Gasteiger partial charge < -0.3 is 15.1 Å². The van der Waals surface area contributed by atoms with E-state index in [1.54, 1.807) is 6.20 Å². The fourth-order valence-corrected chi connectivity index (χ4v) is 1.11. The Balaban J connectivity index is 2.38. The molecular weight excluding hydrogens is 184 g/mol. The Morgan fingerprint density at radius 2 is 2.14 bits per heavy atom. The fourth-order valence-electron chi connectivity index (χ4n) is 1.11. The zero-order chi connectivity index (χ0) is 10.1. The number of H-pyrrole nitrogens is 2. The van der Waals surface area contributed by atoms with Gasteiger partial charge in [0.2, 0.25) is 0 Å². The van der Waals surface area contributed by atoms with Crippen molar-refractivity contribution in [2.24, 2.45) is 0 Å². The second-order valence-corrected chi connectivity index (χ2v) is 2.83. The van der Waals surface area contributed by atoms with Crippen molar-refractivity contribution in [3.8, 4) is 11.5 Å². The smallest absolute Gasteiger partial charge is 0.353 e. The number of nitrogens with zero attached hydrogens (tertiary/aromatic N) is 2. The molecule has 0 fully saturated rings. The van der Waals surface area contributed by atoms with E-state index in [-0.39, 0.29) is 5.69 Å². The van der Waals surface area contributed by atoms with Gasteiger partial charge in [-0.2, -0.15) is 0 Å². The van der Waals surface area contributed by atoms with Crippen molar-refractivity contribution in [3.05, 3.63) is 23.9 Å². The number of nitrogens with one attached hydrogen (secondary N) is 2. The molecule has 72 valence electrons. The van der Waals surface area contributed by atoms with Crippen LogP contribution < -0.4 is 0 Å². The van der Waals surface area contributed by atoms with Crippen molar-refractivity contribution in [1.82, 2.24) is 19.9 Å². The molecular formula is C8H8N4O2. The van der Waals surface area contributed by atoms with Gasteiger partial charge in [0, 0.05) is 0 Å². The number of aromatic nitrogens is 4. The lowest BCUT2D eigenvalue weighted by atomic mass is 10.4.